The van der Waals surface area contributed by atoms with Gasteiger partial charge in [-0.05, 0) is 77.1 Å². The molecule has 0 aromatic heterocycles. The molecule has 0 atom stereocenters. The van der Waals surface area contributed by atoms with Gasteiger partial charge in [0.15, 0.2) is 0 Å². The van der Waals surface area contributed by atoms with Crippen LogP contribution in [0.2, 0.25) is 0 Å². The Bertz CT molecular complexity index is 1860. The SMILES string of the molecule is N#CC(=Cc1ccc(N(Cc2ccccc2)Cc2cccc(C(=C(C#N)C(=O)O)c3ccc(N4CCCC4)cc3)c2)cc1)C(=O)O. The molecule has 4 aromatic carbocycles. The van der Waals surface area contributed by atoms with Crippen molar-refractivity contribution < 1.29 is 19.8 Å². The lowest BCUT2D eigenvalue weighted by atomic mass is 9.92. The summed E-state index contributed by atoms with van der Waals surface area (Å²) in [5.41, 5.74) is 5.50. The molecule has 2 N–H and O–H groups in total. The lowest BCUT2D eigenvalue weighted by molar-refractivity contribution is -0.133. The second-order valence-corrected chi connectivity index (χ2v) is 11.0. The van der Waals surface area contributed by atoms with Crippen molar-refractivity contribution >= 4 is 35.0 Å². The lowest BCUT2D eigenvalue weighted by Gasteiger charge is -2.26. The zero-order valence-corrected chi connectivity index (χ0v) is 25.1. The van der Waals surface area contributed by atoms with Gasteiger partial charge in [0.2, 0.25) is 0 Å². The van der Waals surface area contributed by atoms with E-state index in [1.807, 2.05) is 97.1 Å². The van der Waals surface area contributed by atoms with Gasteiger partial charge in [0.1, 0.15) is 23.3 Å². The molecule has 1 aliphatic rings. The van der Waals surface area contributed by atoms with Crippen LogP contribution in [0.25, 0.3) is 11.6 Å². The first kappa shape index (κ1) is 31.3. The summed E-state index contributed by atoms with van der Waals surface area (Å²) < 4.78 is 0. The van der Waals surface area contributed by atoms with Crippen LogP contribution in [0.3, 0.4) is 0 Å². The minimum Gasteiger partial charge on any atom is -0.477 e. The summed E-state index contributed by atoms with van der Waals surface area (Å²) in [6.07, 6.45) is 3.62. The monoisotopic (exact) mass is 608 g/mol. The van der Waals surface area contributed by atoms with Crippen molar-refractivity contribution in [3.05, 3.63) is 142 Å². The zero-order valence-electron chi connectivity index (χ0n) is 25.1. The van der Waals surface area contributed by atoms with E-state index >= 15 is 0 Å². The fourth-order valence-electron chi connectivity index (χ4n) is 5.66. The molecule has 1 saturated heterocycles. The summed E-state index contributed by atoms with van der Waals surface area (Å²) in [6.45, 7) is 3.01. The van der Waals surface area contributed by atoms with Crippen LogP contribution >= 0.6 is 0 Å². The number of benzene rings is 4. The Balaban J connectivity index is 1.50. The predicted molar refractivity (Wildman–Crippen MR) is 178 cm³/mol. The van der Waals surface area contributed by atoms with E-state index in [4.69, 9.17) is 5.26 Å². The van der Waals surface area contributed by atoms with Gasteiger partial charge < -0.3 is 20.0 Å². The Labute approximate surface area is 268 Å². The largest absolute Gasteiger partial charge is 0.477 e. The highest BCUT2D eigenvalue weighted by Gasteiger charge is 2.20. The molecular weight excluding hydrogens is 576 g/mol. The second-order valence-electron chi connectivity index (χ2n) is 11.0. The molecule has 228 valence electrons. The first-order valence-electron chi connectivity index (χ1n) is 14.9. The molecule has 0 saturated carbocycles. The number of rotatable bonds is 11. The number of anilines is 2. The molecule has 0 aliphatic carbocycles. The van der Waals surface area contributed by atoms with Crippen molar-refractivity contribution in [2.75, 3.05) is 22.9 Å². The average Bonchev–Trinajstić information content (AvgIpc) is 3.62. The smallest absolute Gasteiger partial charge is 0.347 e. The van der Waals surface area contributed by atoms with Crippen LogP contribution in [-0.4, -0.2) is 35.2 Å². The van der Waals surface area contributed by atoms with Gasteiger partial charge in [-0.3, -0.25) is 0 Å². The number of nitrogens with zero attached hydrogens (tertiary/aromatic N) is 4. The Morgan fingerprint density at radius 3 is 2.00 bits per heavy atom. The van der Waals surface area contributed by atoms with E-state index in [1.165, 1.54) is 6.08 Å². The van der Waals surface area contributed by atoms with E-state index in [-0.39, 0.29) is 11.1 Å². The van der Waals surface area contributed by atoms with Crippen molar-refractivity contribution in [1.29, 1.82) is 10.5 Å². The molecule has 1 heterocycles. The number of aliphatic carboxylic acids is 2. The molecule has 4 aromatic rings. The van der Waals surface area contributed by atoms with Crippen molar-refractivity contribution in [2.24, 2.45) is 0 Å². The third-order valence-corrected chi connectivity index (χ3v) is 7.93. The maximum Gasteiger partial charge on any atom is 0.347 e. The molecule has 8 heteroatoms. The van der Waals surface area contributed by atoms with E-state index in [0.29, 0.717) is 35.4 Å². The standard InChI is InChI=1S/C38H32N4O4/c39-23-32(37(43)44)21-27-11-15-34(16-12-27)42(25-28-7-2-1-3-8-28)26-29-9-6-10-31(22-29)36(35(24-40)38(45)46)30-13-17-33(18-14-30)41-19-4-5-20-41/h1-3,6-18,21-22H,4-5,19-20,25-26H2,(H,43,44)(H,45,46). The summed E-state index contributed by atoms with van der Waals surface area (Å²) in [5, 5.41) is 38.3. The van der Waals surface area contributed by atoms with E-state index in [2.05, 4.69) is 9.80 Å². The van der Waals surface area contributed by atoms with Gasteiger partial charge in [-0.25, -0.2) is 9.59 Å². The summed E-state index contributed by atoms with van der Waals surface area (Å²) in [5.74, 6) is -2.57. The fourth-order valence-corrected chi connectivity index (χ4v) is 5.66. The van der Waals surface area contributed by atoms with E-state index in [9.17, 15) is 25.1 Å². The van der Waals surface area contributed by atoms with Crippen LogP contribution in [0.4, 0.5) is 11.4 Å². The van der Waals surface area contributed by atoms with Crippen molar-refractivity contribution in [1.82, 2.24) is 0 Å². The van der Waals surface area contributed by atoms with Crippen LogP contribution in [-0.2, 0) is 22.7 Å². The van der Waals surface area contributed by atoms with Crippen LogP contribution in [0.15, 0.2) is 114 Å². The van der Waals surface area contributed by atoms with E-state index in [1.54, 1.807) is 18.2 Å². The number of hydrogen-bond acceptors (Lipinski definition) is 6. The predicted octanol–water partition coefficient (Wildman–Crippen LogP) is 6.90. The van der Waals surface area contributed by atoms with Crippen molar-refractivity contribution in [3.8, 4) is 12.1 Å². The summed E-state index contributed by atoms with van der Waals surface area (Å²) in [7, 11) is 0. The lowest BCUT2D eigenvalue weighted by Crippen LogP contribution is -2.22. The quantitative estimate of drug-likeness (QED) is 0.139. The summed E-state index contributed by atoms with van der Waals surface area (Å²) >= 11 is 0. The molecule has 46 heavy (non-hydrogen) atoms. The maximum atomic E-state index is 12.2. The molecule has 8 nitrogen and oxygen atoms in total. The van der Waals surface area contributed by atoms with Crippen LogP contribution < -0.4 is 9.80 Å². The van der Waals surface area contributed by atoms with Crippen molar-refractivity contribution in [3.63, 3.8) is 0 Å². The van der Waals surface area contributed by atoms with Crippen LogP contribution in [0, 0.1) is 22.7 Å². The van der Waals surface area contributed by atoms with Gasteiger partial charge >= 0.3 is 11.9 Å². The molecule has 0 bridgehead atoms. The Morgan fingerprint density at radius 1 is 0.739 bits per heavy atom. The summed E-state index contributed by atoms with van der Waals surface area (Å²) in [6, 6.07) is 36.2. The third kappa shape index (κ3) is 7.50. The molecule has 0 spiro atoms. The molecule has 0 radical (unpaired) electrons. The van der Waals surface area contributed by atoms with Gasteiger partial charge in [0.25, 0.3) is 0 Å². The first-order valence-corrected chi connectivity index (χ1v) is 14.9. The molecule has 1 aliphatic heterocycles. The van der Waals surface area contributed by atoms with Gasteiger partial charge in [-0.2, -0.15) is 10.5 Å². The molecule has 0 unspecified atom stereocenters. The highest BCUT2D eigenvalue weighted by atomic mass is 16.4. The minimum atomic E-state index is -1.28. The maximum absolute atomic E-state index is 12.2. The van der Waals surface area contributed by atoms with E-state index < -0.39 is 11.9 Å². The number of carboxylic acids is 2. The Kier molecular flexibility index (Phi) is 9.92. The van der Waals surface area contributed by atoms with Gasteiger partial charge in [-0.1, -0.05) is 72.8 Å². The highest BCUT2D eigenvalue weighted by molar-refractivity contribution is 6.04. The topological polar surface area (TPSA) is 129 Å². The second kappa shape index (κ2) is 14.6. The third-order valence-electron chi connectivity index (χ3n) is 7.93. The number of carboxylic acid groups (broad SMARTS) is 2. The van der Waals surface area contributed by atoms with Gasteiger partial charge in [0, 0.05) is 43.1 Å². The normalized spacial score (nSPS) is 13.3. The first-order chi connectivity index (χ1) is 22.4. The van der Waals surface area contributed by atoms with Gasteiger partial charge in [-0.15, -0.1) is 0 Å². The minimum absolute atomic E-state index is 0.325. The number of hydrogen-bond donors (Lipinski definition) is 2. The van der Waals surface area contributed by atoms with Crippen LogP contribution in [0.1, 0.15) is 40.7 Å². The Morgan fingerprint density at radius 2 is 1.39 bits per heavy atom. The highest BCUT2D eigenvalue weighted by Crippen LogP contribution is 2.31. The molecule has 0 amide bonds. The zero-order chi connectivity index (χ0) is 32.5. The fraction of sp³-hybridized carbons (Fsp3) is 0.158. The number of nitriles is 2. The molecule has 5 rings (SSSR count). The Hall–Kier alpha value is -6.12. The van der Waals surface area contributed by atoms with Crippen LogP contribution in [0.5, 0.6) is 0 Å². The van der Waals surface area contributed by atoms with Gasteiger partial charge in [0.05, 0.1) is 0 Å². The molecular formula is C38H32N4O4. The summed E-state index contributed by atoms with van der Waals surface area (Å²) in [4.78, 5) is 28.0. The molecule has 1 fully saturated rings. The number of carbonyl (C=O) groups is 2. The average molecular weight is 609 g/mol. The van der Waals surface area contributed by atoms with Crippen molar-refractivity contribution in [2.45, 2.75) is 25.9 Å². The van der Waals surface area contributed by atoms with E-state index in [0.717, 1.165) is 48.4 Å².